The van der Waals surface area contributed by atoms with Gasteiger partial charge in [-0.2, -0.15) is 0 Å². The minimum absolute atomic E-state index is 0.100. The average molecular weight is 323 g/mol. The third kappa shape index (κ3) is 5.63. The fraction of sp³-hybridized carbons (Fsp3) is 0.300. The molecule has 0 aliphatic heterocycles. The Kier molecular flexibility index (Phi) is 7.18. The molecule has 1 N–H and O–H groups in total. The molecular weight excluding hydrogens is 298 g/mol. The van der Waals surface area contributed by atoms with Crippen molar-refractivity contribution in [3.8, 4) is 0 Å². The van der Waals surface area contributed by atoms with E-state index in [1.54, 1.807) is 24.5 Å². The summed E-state index contributed by atoms with van der Waals surface area (Å²) >= 11 is 0. The van der Waals surface area contributed by atoms with Crippen LogP contribution in [0.25, 0.3) is 6.08 Å². The summed E-state index contributed by atoms with van der Waals surface area (Å²) in [6.07, 6.45) is 6.75. The first-order valence-electron chi connectivity index (χ1n) is 8.38. The van der Waals surface area contributed by atoms with Crippen molar-refractivity contribution >= 4 is 12.0 Å². The number of hydrogen-bond acceptors (Lipinski definition) is 3. The molecule has 0 radical (unpaired) electrons. The van der Waals surface area contributed by atoms with Gasteiger partial charge in [-0.3, -0.25) is 14.7 Å². The zero-order valence-corrected chi connectivity index (χ0v) is 14.4. The van der Waals surface area contributed by atoms with E-state index in [-0.39, 0.29) is 5.91 Å². The van der Waals surface area contributed by atoms with Gasteiger partial charge in [0.1, 0.15) is 0 Å². The summed E-state index contributed by atoms with van der Waals surface area (Å²) in [6.45, 7) is 7.81. The molecule has 126 valence electrons. The molecule has 0 unspecified atom stereocenters. The topological polar surface area (TPSA) is 45.2 Å². The number of hydrogen-bond donors (Lipinski definition) is 1. The molecule has 0 bridgehead atoms. The number of benzene rings is 1. The highest BCUT2D eigenvalue weighted by Gasteiger charge is 2.06. The quantitative estimate of drug-likeness (QED) is 0.759. The van der Waals surface area contributed by atoms with Crippen LogP contribution >= 0.6 is 0 Å². The normalized spacial score (nSPS) is 11.1. The van der Waals surface area contributed by atoms with E-state index in [0.29, 0.717) is 6.54 Å². The van der Waals surface area contributed by atoms with Gasteiger partial charge in [-0.25, -0.2) is 0 Å². The second-order valence-corrected chi connectivity index (χ2v) is 5.57. The Hall–Kier alpha value is -2.46. The minimum atomic E-state index is -0.100. The van der Waals surface area contributed by atoms with E-state index in [2.05, 4.69) is 41.2 Å². The van der Waals surface area contributed by atoms with Crippen LogP contribution in [0.3, 0.4) is 0 Å². The molecule has 4 nitrogen and oxygen atoms in total. The molecule has 2 aromatic rings. The lowest BCUT2D eigenvalue weighted by atomic mass is 10.1. The van der Waals surface area contributed by atoms with Gasteiger partial charge >= 0.3 is 0 Å². The summed E-state index contributed by atoms with van der Waals surface area (Å²) < 4.78 is 0. The lowest BCUT2D eigenvalue weighted by Gasteiger charge is -2.20. The monoisotopic (exact) mass is 323 g/mol. The zero-order valence-electron chi connectivity index (χ0n) is 14.4. The highest BCUT2D eigenvalue weighted by molar-refractivity contribution is 5.91. The second-order valence-electron chi connectivity index (χ2n) is 5.57. The van der Waals surface area contributed by atoms with Gasteiger partial charge in [0.2, 0.25) is 5.91 Å². The van der Waals surface area contributed by atoms with E-state index in [9.17, 15) is 4.79 Å². The first-order valence-corrected chi connectivity index (χ1v) is 8.38. The Bertz CT molecular complexity index is 664. The first-order chi connectivity index (χ1) is 11.7. The standard InChI is InChI=1S/C20H25N3O/c1-3-23(4-2)16-19-10-6-5-9-18(19)15-22-20(24)12-11-17-8-7-13-21-14-17/h5-14H,3-4,15-16H2,1-2H3,(H,22,24)/b12-11+. The Morgan fingerprint density at radius 3 is 2.54 bits per heavy atom. The Morgan fingerprint density at radius 1 is 1.12 bits per heavy atom. The maximum Gasteiger partial charge on any atom is 0.244 e. The predicted molar refractivity (Wildman–Crippen MR) is 98.2 cm³/mol. The van der Waals surface area contributed by atoms with E-state index < -0.39 is 0 Å². The van der Waals surface area contributed by atoms with E-state index in [1.807, 2.05) is 24.3 Å². The zero-order chi connectivity index (χ0) is 17.2. The molecule has 2 rings (SSSR count). The maximum atomic E-state index is 12.0. The molecule has 0 saturated carbocycles. The van der Waals surface area contributed by atoms with Gasteiger partial charge in [0.15, 0.2) is 0 Å². The van der Waals surface area contributed by atoms with Gasteiger partial charge < -0.3 is 5.32 Å². The smallest absolute Gasteiger partial charge is 0.244 e. The van der Waals surface area contributed by atoms with E-state index in [4.69, 9.17) is 0 Å². The number of nitrogens with one attached hydrogen (secondary N) is 1. The number of aromatic nitrogens is 1. The Balaban J connectivity index is 1.94. The van der Waals surface area contributed by atoms with E-state index in [0.717, 1.165) is 30.8 Å². The summed E-state index contributed by atoms with van der Waals surface area (Å²) in [4.78, 5) is 18.4. The molecule has 0 atom stereocenters. The van der Waals surface area contributed by atoms with Crippen LogP contribution in [0.5, 0.6) is 0 Å². The van der Waals surface area contributed by atoms with Gasteiger partial charge in [0.05, 0.1) is 0 Å². The van der Waals surface area contributed by atoms with Crippen molar-refractivity contribution in [2.24, 2.45) is 0 Å². The van der Waals surface area contributed by atoms with Crippen molar-refractivity contribution in [3.05, 3.63) is 71.6 Å². The number of carbonyl (C=O) groups is 1. The molecule has 24 heavy (non-hydrogen) atoms. The van der Waals surface area contributed by atoms with Crippen LogP contribution in [0.15, 0.2) is 54.9 Å². The van der Waals surface area contributed by atoms with Crippen molar-refractivity contribution in [3.63, 3.8) is 0 Å². The highest BCUT2D eigenvalue weighted by atomic mass is 16.1. The molecule has 0 saturated heterocycles. The Morgan fingerprint density at radius 2 is 1.88 bits per heavy atom. The molecular formula is C20H25N3O. The van der Waals surface area contributed by atoms with Crippen LogP contribution < -0.4 is 5.32 Å². The van der Waals surface area contributed by atoms with Gasteiger partial charge in [0.25, 0.3) is 0 Å². The van der Waals surface area contributed by atoms with Crippen molar-refractivity contribution < 1.29 is 4.79 Å². The van der Waals surface area contributed by atoms with E-state index >= 15 is 0 Å². The molecule has 0 spiro atoms. The number of carbonyl (C=O) groups excluding carboxylic acids is 1. The van der Waals surface area contributed by atoms with Crippen LogP contribution in [0.1, 0.15) is 30.5 Å². The molecule has 1 aromatic carbocycles. The summed E-state index contributed by atoms with van der Waals surface area (Å²) in [5.41, 5.74) is 3.33. The maximum absolute atomic E-state index is 12.0. The number of amides is 1. The molecule has 4 heteroatoms. The van der Waals surface area contributed by atoms with Gasteiger partial charge in [-0.1, -0.05) is 44.2 Å². The number of rotatable bonds is 8. The summed E-state index contributed by atoms with van der Waals surface area (Å²) in [7, 11) is 0. The van der Waals surface area contributed by atoms with Crippen LogP contribution in [-0.2, 0) is 17.9 Å². The molecule has 0 fully saturated rings. The highest BCUT2D eigenvalue weighted by Crippen LogP contribution is 2.11. The Labute approximate surface area is 144 Å². The van der Waals surface area contributed by atoms with Gasteiger partial charge in [-0.15, -0.1) is 0 Å². The third-order valence-electron chi connectivity index (χ3n) is 3.97. The molecule has 1 amide bonds. The molecule has 0 aliphatic carbocycles. The summed E-state index contributed by atoms with van der Waals surface area (Å²) in [5.74, 6) is -0.100. The lowest BCUT2D eigenvalue weighted by molar-refractivity contribution is -0.116. The van der Waals surface area contributed by atoms with Crippen LogP contribution in [-0.4, -0.2) is 28.9 Å². The van der Waals surface area contributed by atoms with Gasteiger partial charge in [0, 0.05) is 31.6 Å². The minimum Gasteiger partial charge on any atom is -0.348 e. The largest absolute Gasteiger partial charge is 0.348 e. The molecule has 1 aromatic heterocycles. The number of nitrogens with zero attached hydrogens (tertiary/aromatic N) is 2. The van der Waals surface area contributed by atoms with E-state index in [1.165, 1.54) is 5.56 Å². The van der Waals surface area contributed by atoms with Crippen molar-refractivity contribution in [1.29, 1.82) is 0 Å². The van der Waals surface area contributed by atoms with Crippen molar-refractivity contribution in [2.75, 3.05) is 13.1 Å². The van der Waals surface area contributed by atoms with Crippen LogP contribution in [0.4, 0.5) is 0 Å². The van der Waals surface area contributed by atoms with Crippen LogP contribution in [0.2, 0.25) is 0 Å². The number of pyridine rings is 1. The lowest BCUT2D eigenvalue weighted by Crippen LogP contribution is -2.25. The van der Waals surface area contributed by atoms with Crippen LogP contribution in [0, 0.1) is 0 Å². The SMILES string of the molecule is CCN(CC)Cc1ccccc1CNC(=O)/C=C/c1cccnc1. The average Bonchev–Trinajstić information content (AvgIpc) is 2.64. The molecule has 1 heterocycles. The summed E-state index contributed by atoms with van der Waals surface area (Å²) in [5, 5.41) is 2.95. The predicted octanol–water partition coefficient (Wildman–Crippen LogP) is 3.25. The first kappa shape index (κ1) is 17.9. The molecule has 0 aliphatic rings. The second kappa shape index (κ2) is 9.63. The fourth-order valence-electron chi connectivity index (χ4n) is 2.46. The summed E-state index contributed by atoms with van der Waals surface area (Å²) in [6, 6.07) is 12.0. The third-order valence-corrected chi connectivity index (χ3v) is 3.97. The van der Waals surface area contributed by atoms with Crippen molar-refractivity contribution in [2.45, 2.75) is 26.9 Å². The van der Waals surface area contributed by atoms with Gasteiger partial charge in [-0.05, 0) is 41.9 Å². The fourth-order valence-corrected chi connectivity index (χ4v) is 2.46. The van der Waals surface area contributed by atoms with Crippen molar-refractivity contribution in [1.82, 2.24) is 15.2 Å².